The lowest BCUT2D eigenvalue weighted by Gasteiger charge is -2.63. The summed E-state index contributed by atoms with van der Waals surface area (Å²) in [6.45, 7) is 15.8. The number of unbranched alkanes of at least 4 members (excludes halogenated alkanes) is 12. The average Bonchev–Trinajstić information content (AvgIpc) is 4.07. The predicted molar refractivity (Wildman–Crippen MR) is 328 cm³/mol. The molecule has 0 aliphatic heterocycles. The number of rotatable bonds is 26. The van der Waals surface area contributed by atoms with Crippen LogP contribution >= 0.6 is 0 Å². The normalized spacial score (nSPS) is 21.8. The van der Waals surface area contributed by atoms with Gasteiger partial charge in [0.05, 0.1) is 0 Å². The molecule has 12 rings (SSSR count). The number of nitrogens with zero attached hydrogens (tertiary/aromatic N) is 1. The van der Waals surface area contributed by atoms with E-state index in [-0.39, 0.29) is 21.7 Å². The van der Waals surface area contributed by atoms with Crippen LogP contribution in [0.3, 0.4) is 0 Å². The Morgan fingerprint density at radius 2 is 0.855 bits per heavy atom. The van der Waals surface area contributed by atoms with Crippen LogP contribution in [-0.4, -0.2) is 0 Å². The molecule has 0 spiro atoms. The number of hydrogen-bond acceptors (Lipinski definition) is 1. The van der Waals surface area contributed by atoms with E-state index in [0.717, 1.165) is 11.8 Å². The Hall–Kier alpha value is -5.14. The Labute approximate surface area is 461 Å². The van der Waals surface area contributed by atoms with E-state index in [9.17, 15) is 0 Å². The third kappa shape index (κ3) is 9.69. The number of anilines is 3. The second-order valence-electron chi connectivity index (χ2n) is 25.7. The molecule has 2 atom stereocenters. The van der Waals surface area contributed by atoms with Crippen molar-refractivity contribution in [1.82, 2.24) is 0 Å². The molecule has 0 amide bonds. The highest BCUT2D eigenvalue weighted by Crippen LogP contribution is 2.67. The maximum absolute atomic E-state index is 4.10. The fourth-order valence-corrected chi connectivity index (χ4v) is 17.3. The van der Waals surface area contributed by atoms with Crippen LogP contribution < -0.4 is 4.90 Å². The molecule has 0 radical (unpaired) electrons. The monoisotopic (exact) mass is 1010 g/mol. The molecule has 1 heteroatoms. The summed E-state index contributed by atoms with van der Waals surface area (Å²) in [4.78, 5) is 2.66. The van der Waals surface area contributed by atoms with Crippen molar-refractivity contribution in [3.05, 3.63) is 178 Å². The molecule has 0 aromatic heterocycles. The topological polar surface area (TPSA) is 3.24 Å². The van der Waals surface area contributed by atoms with Crippen LogP contribution in [0.1, 0.15) is 239 Å². The first-order valence-corrected chi connectivity index (χ1v) is 31.4. The van der Waals surface area contributed by atoms with Crippen molar-refractivity contribution >= 4 is 23.1 Å². The largest absolute Gasteiger partial charge is 0.310 e. The van der Waals surface area contributed by atoms with Crippen LogP contribution in [0.25, 0.3) is 28.3 Å². The van der Waals surface area contributed by atoms with Gasteiger partial charge in [0.1, 0.15) is 0 Å². The lowest BCUT2D eigenvalue weighted by Crippen LogP contribution is -2.56. The van der Waals surface area contributed by atoms with Crippen LogP contribution in [0.5, 0.6) is 0 Å². The highest BCUT2D eigenvalue weighted by atomic mass is 15.1. The van der Waals surface area contributed by atoms with Crippen LogP contribution in [-0.2, 0) is 21.7 Å². The van der Waals surface area contributed by atoms with Crippen LogP contribution in [0.4, 0.5) is 17.1 Å². The maximum atomic E-state index is 4.10. The minimum atomic E-state index is -0.0245. The summed E-state index contributed by atoms with van der Waals surface area (Å²) in [5.74, 6) is 1.63. The lowest BCUT2D eigenvalue weighted by atomic mass is 9.41. The molecular formula is C75H93N. The zero-order chi connectivity index (χ0) is 52.3. The average molecular weight is 1010 g/mol. The third-order valence-electron chi connectivity index (χ3n) is 20.7. The lowest BCUT2D eigenvalue weighted by molar-refractivity contribution is -0.0281. The first-order valence-electron chi connectivity index (χ1n) is 31.4. The molecule has 6 aliphatic carbocycles. The van der Waals surface area contributed by atoms with Gasteiger partial charge >= 0.3 is 0 Å². The van der Waals surface area contributed by atoms with Crippen LogP contribution in [0.15, 0.2) is 134 Å². The summed E-state index contributed by atoms with van der Waals surface area (Å²) in [5, 5.41) is 0. The van der Waals surface area contributed by atoms with Crippen molar-refractivity contribution in [2.24, 2.45) is 11.8 Å². The molecule has 6 aliphatic rings. The Bertz CT molecular complexity index is 2910. The Morgan fingerprint density at radius 3 is 1.36 bits per heavy atom. The van der Waals surface area contributed by atoms with E-state index < -0.39 is 0 Å². The molecule has 76 heavy (non-hydrogen) atoms. The predicted octanol–water partition coefficient (Wildman–Crippen LogP) is 22.3. The Balaban J connectivity index is 1.05. The third-order valence-corrected chi connectivity index (χ3v) is 20.7. The summed E-state index contributed by atoms with van der Waals surface area (Å²) in [6, 6.07) is 52.3. The fourth-order valence-electron chi connectivity index (χ4n) is 17.3. The first kappa shape index (κ1) is 52.9. The van der Waals surface area contributed by atoms with E-state index in [1.807, 2.05) is 6.08 Å². The molecule has 398 valence electrons. The fraction of sp³-hybridized carbons (Fsp3) is 0.493. The molecule has 4 fully saturated rings. The van der Waals surface area contributed by atoms with Gasteiger partial charge in [-0.05, 0) is 191 Å². The second kappa shape index (κ2) is 22.7. The minimum absolute atomic E-state index is 0.0245. The van der Waals surface area contributed by atoms with Crippen molar-refractivity contribution in [1.29, 1.82) is 0 Å². The molecule has 0 N–H and O–H groups in total. The van der Waals surface area contributed by atoms with Gasteiger partial charge in [-0.25, -0.2) is 0 Å². The number of hydrogen-bond donors (Lipinski definition) is 0. The second-order valence-corrected chi connectivity index (χ2v) is 25.7. The van der Waals surface area contributed by atoms with Crippen molar-refractivity contribution in [2.75, 3.05) is 4.90 Å². The van der Waals surface area contributed by atoms with Gasteiger partial charge < -0.3 is 4.90 Å². The van der Waals surface area contributed by atoms with Gasteiger partial charge in [0.25, 0.3) is 0 Å². The number of benzene rings is 6. The number of aryl methyl sites for hydroxylation is 1. The van der Waals surface area contributed by atoms with Gasteiger partial charge in [0.2, 0.25) is 0 Å². The maximum Gasteiger partial charge on any atom is 0.0465 e. The summed E-state index contributed by atoms with van der Waals surface area (Å²) in [7, 11) is 0. The minimum Gasteiger partial charge on any atom is -0.310 e. The van der Waals surface area contributed by atoms with Gasteiger partial charge in [-0.1, -0.05) is 240 Å². The van der Waals surface area contributed by atoms with Crippen molar-refractivity contribution in [3.8, 4) is 22.3 Å². The van der Waals surface area contributed by atoms with E-state index in [1.165, 1.54) is 217 Å². The van der Waals surface area contributed by atoms with E-state index >= 15 is 0 Å². The zero-order valence-electron chi connectivity index (χ0n) is 47.9. The highest BCUT2D eigenvalue weighted by Gasteiger charge is 2.59. The summed E-state index contributed by atoms with van der Waals surface area (Å²) in [5.41, 5.74) is 22.5. The van der Waals surface area contributed by atoms with E-state index in [4.69, 9.17) is 0 Å². The van der Waals surface area contributed by atoms with Gasteiger partial charge in [-0.15, -0.1) is 0 Å². The molecule has 6 aromatic rings. The standard InChI is InChI=1S/C75H93N/c1-7-12-16-22-42-74(43-23-17-13-8-2)68-27-21-20-26-64(68)66-40-37-62(48-70(66)74)76(61-35-28-55(6)29-36-61)63-38-41-67-65-39-34-60(47-69(65)75(71(67)49-63,44-24-18-14-9-3)45-25-19-15-10-4)73-52-57-46-58(53-73)51-72(50-57,54-73)59-32-30-56(11-5)31-33-59/h11,20-21,26-41,47-49,57-58H,5,7-10,12-19,22-25,42-46,50-54H2,1-4,6H3. The van der Waals surface area contributed by atoms with Gasteiger partial charge in [0, 0.05) is 27.9 Å². The van der Waals surface area contributed by atoms with Crippen molar-refractivity contribution < 1.29 is 0 Å². The van der Waals surface area contributed by atoms with Gasteiger partial charge in [-0.3, -0.25) is 0 Å². The molecule has 2 unspecified atom stereocenters. The molecule has 1 nitrogen and oxygen atoms in total. The van der Waals surface area contributed by atoms with E-state index in [2.05, 4.69) is 173 Å². The smallest absolute Gasteiger partial charge is 0.0465 e. The first-order chi connectivity index (χ1) is 37.2. The SMILES string of the molecule is C=Cc1ccc(C23CC4CC(C2)CC(c2ccc5c(c2)C(CCCCCC)(CCCCCC)c2cc(N(c6ccc(C)cc6)c6ccc7c(c6)C(CCCCCC)(CCCCCC)c6ccccc6-7)ccc2-5)(C4)C3)cc1. The van der Waals surface area contributed by atoms with Crippen molar-refractivity contribution in [3.63, 3.8) is 0 Å². The Morgan fingerprint density at radius 1 is 0.434 bits per heavy atom. The molecule has 4 bridgehead atoms. The Kier molecular flexibility index (Phi) is 15.8. The summed E-state index contributed by atoms with van der Waals surface area (Å²) < 4.78 is 0. The molecular weight excluding hydrogens is 915 g/mol. The van der Waals surface area contributed by atoms with E-state index in [0.29, 0.717) is 0 Å². The van der Waals surface area contributed by atoms with Crippen molar-refractivity contribution in [2.45, 2.75) is 223 Å². The zero-order valence-corrected chi connectivity index (χ0v) is 47.9. The van der Waals surface area contributed by atoms with Gasteiger partial charge in [0.15, 0.2) is 0 Å². The van der Waals surface area contributed by atoms with Crippen LogP contribution in [0.2, 0.25) is 0 Å². The quantitative estimate of drug-likeness (QED) is 0.0490. The highest BCUT2D eigenvalue weighted by molar-refractivity contribution is 5.89. The summed E-state index contributed by atoms with van der Waals surface area (Å²) >= 11 is 0. The van der Waals surface area contributed by atoms with Crippen LogP contribution in [0, 0.1) is 18.8 Å². The number of fused-ring (bicyclic) bond motifs is 6. The molecule has 4 saturated carbocycles. The van der Waals surface area contributed by atoms with E-state index in [1.54, 1.807) is 33.4 Å². The summed E-state index contributed by atoms with van der Waals surface area (Å²) in [6.07, 6.45) is 35.8. The molecule has 6 aromatic carbocycles. The van der Waals surface area contributed by atoms with Gasteiger partial charge in [-0.2, -0.15) is 0 Å². The molecule has 0 saturated heterocycles. The molecule has 0 heterocycles.